The van der Waals surface area contributed by atoms with Gasteiger partial charge in [0.25, 0.3) is 6.43 Å². The highest BCUT2D eigenvalue weighted by Gasteiger charge is 2.19. The SMILES string of the molecule is COC(=O)c1cc(C)c(C(F)F)nc1CBr. The topological polar surface area (TPSA) is 39.2 Å². The van der Waals surface area contributed by atoms with Crippen molar-refractivity contribution < 1.29 is 18.3 Å². The number of aryl methyl sites for hydroxylation is 1. The fourth-order valence-electron chi connectivity index (χ4n) is 1.28. The van der Waals surface area contributed by atoms with Crippen LogP contribution in [0.15, 0.2) is 6.07 Å². The van der Waals surface area contributed by atoms with Gasteiger partial charge in [-0.1, -0.05) is 15.9 Å². The molecule has 0 saturated heterocycles. The Hall–Kier alpha value is -1.04. The van der Waals surface area contributed by atoms with Crippen molar-refractivity contribution in [1.29, 1.82) is 0 Å². The first-order valence-corrected chi connectivity index (χ1v) is 5.56. The third kappa shape index (κ3) is 2.55. The summed E-state index contributed by atoms with van der Waals surface area (Å²) in [7, 11) is 1.23. The lowest BCUT2D eigenvalue weighted by Crippen LogP contribution is -2.10. The van der Waals surface area contributed by atoms with E-state index < -0.39 is 12.4 Å². The van der Waals surface area contributed by atoms with Gasteiger partial charge in [0.1, 0.15) is 5.69 Å². The first kappa shape index (κ1) is 13.0. The maximum absolute atomic E-state index is 12.6. The molecule has 0 fully saturated rings. The summed E-state index contributed by atoms with van der Waals surface area (Å²) in [6, 6.07) is 1.37. The largest absolute Gasteiger partial charge is 0.465 e. The second-order valence-corrected chi connectivity index (χ2v) is 3.67. The summed E-state index contributed by atoms with van der Waals surface area (Å²) in [4.78, 5) is 15.1. The Morgan fingerprint density at radius 3 is 2.69 bits per heavy atom. The number of pyridine rings is 1. The van der Waals surface area contributed by atoms with E-state index in [1.165, 1.54) is 20.1 Å². The molecule has 0 saturated carbocycles. The summed E-state index contributed by atoms with van der Waals surface area (Å²) in [5.41, 5.74) is 0.441. The zero-order valence-corrected chi connectivity index (χ0v) is 10.3. The van der Waals surface area contributed by atoms with Crippen LogP contribution in [0.1, 0.15) is 33.7 Å². The second kappa shape index (κ2) is 5.34. The van der Waals surface area contributed by atoms with Crippen LogP contribution in [-0.2, 0) is 10.1 Å². The molecule has 0 unspecified atom stereocenters. The van der Waals surface area contributed by atoms with Crippen LogP contribution < -0.4 is 0 Å². The summed E-state index contributed by atoms with van der Waals surface area (Å²) in [5, 5.41) is 0.220. The van der Waals surface area contributed by atoms with Crippen molar-refractivity contribution >= 4 is 21.9 Å². The number of alkyl halides is 3. The van der Waals surface area contributed by atoms with Crippen LogP contribution in [0.2, 0.25) is 0 Å². The zero-order valence-electron chi connectivity index (χ0n) is 8.76. The van der Waals surface area contributed by atoms with E-state index in [4.69, 9.17) is 0 Å². The standard InChI is InChI=1S/C10H10BrF2NO2/c1-5-3-6(10(15)16-2)7(4-11)14-8(5)9(12)13/h3,9H,4H2,1-2H3. The molecule has 0 bridgehead atoms. The zero-order chi connectivity index (χ0) is 12.3. The molecule has 0 atom stereocenters. The van der Waals surface area contributed by atoms with Crippen molar-refractivity contribution in [2.45, 2.75) is 18.7 Å². The maximum Gasteiger partial charge on any atom is 0.339 e. The highest BCUT2D eigenvalue weighted by molar-refractivity contribution is 9.08. The third-order valence-electron chi connectivity index (χ3n) is 2.07. The molecule has 1 rings (SSSR count). The molecule has 0 aliphatic rings. The number of aromatic nitrogens is 1. The van der Waals surface area contributed by atoms with Crippen molar-refractivity contribution in [3.63, 3.8) is 0 Å². The van der Waals surface area contributed by atoms with Gasteiger partial charge < -0.3 is 4.74 Å². The van der Waals surface area contributed by atoms with Gasteiger partial charge in [-0.3, -0.25) is 0 Å². The Labute approximate surface area is 99.9 Å². The fourth-order valence-corrected chi connectivity index (χ4v) is 1.70. The monoisotopic (exact) mass is 293 g/mol. The Morgan fingerprint density at radius 1 is 1.62 bits per heavy atom. The minimum absolute atomic E-state index is 0.210. The summed E-state index contributed by atoms with van der Waals surface area (Å²) >= 11 is 3.10. The van der Waals surface area contributed by atoms with Gasteiger partial charge in [0.2, 0.25) is 0 Å². The van der Waals surface area contributed by atoms with Crippen LogP contribution >= 0.6 is 15.9 Å². The lowest BCUT2D eigenvalue weighted by Gasteiger charge is -2.10. The van der Waals surface area contributed by atoms with Crippen molar-refractivity contribution in [2.24, 2.45) is 0 Å². The number of ether oxygens (including phenoxy) is 1. The van der Waals surface area contributed by atoms with Gasteiger partial charge in [0.15, 0.2) is 0 Å². The highest BCUT2D eigenvalue weighted by Crippen LogP contribution is 2.24. The first-order valence-electron chi connectivity index (χ1n) is 4.44. The van der Waals surface area contributed by atoms with Crippen molar-refractivity contribution in [3.8, 4) is 0 Å². The Balaban J connectivity index is 3.32. The van der Waals surface area contributed by atoms with Crippen molar-refractivity contribution in [1.82, 2.24) is 4.98 Å². The van der Waals surface area contributed by atoms with E-state index >= 15 is 0 Å². The summed E-state index contributed by atoms with van der Waals surface area (Å²) in [6.45, 7) is 1.49. The van der Waals surface area contributed by atoms with Gasteiger partial charge >= 0.3 is 5.97 Å². The minimum atomic E-state index is -2.65. The predicted octanol–water partition coefficient (Wildman–Crippen LogP) is 3.01. The number of rotatable bonds is 3. The Bertz CT molecular complexity index is 410. The van der Waals surface area contributed by atoms with Crippen LogP contribution in [0.4, 0.5) is 8.78 Å². The number of hydrogen-bond acceptors (Lipinski definition) is 3. The molecular formula is C10H10BrF2NO2. The van der Waals surface area contributed by atoms with Crippen molar-refractivity contribution in [3.05, 3.63) is 28.6 Å². The van der Waals surface area contributed by atoms with Gasteiger partial charge in [0, 0.05) is 5.33 Å². The summed E-state index contributed by atoms with van der Waals surface area (Å²) in [6.07, 6.45) is -2.65. The lowest BCUT2D eigenvalue weighted by molar-refractivity contribution is 0.0598. The third-order valence-corrected chi connectivity index (χ3v) is 2.60. The van der Waals surface area contributed by atoms with Crippen LogP contribution in [0, 0.1) is 6.92 Å². The van der Waals surface area contributed by atoms with Crippen LogP contribution in [0.3, 0.4) is 0 Å². The van der Waals surface area contributed by atoms with Crippen molar-refractivity contribution in [2.75, 3.05) is 7.11 Å². The van der Waals surface area contributed by atoms with E-state index in [2.05, 4.69) is 25.7 Å². The Morgan fingerprint density at radius 2 is 2.25 bits per heavy atom. The smallest absolute Gasteiger partial charge is 0.339 e. The van der Waals surface area contributed by atoms with E-state index in [0.717, 1.165) is 0 Å². The molecule has 0 aromatic carbocycles. The highest BCUT2D eigenvalue weighted by atomic mass is 79.9. The lowest BCUT2D eigenvalue weighted by atomic mass is 10.1. The molecule has 0 aliphatic carbocycles. The number of hydrogen-bond donors (Lipinski definition) is 0. The number of halogens is 3. The average Bonchev–Trinajstić information content (AvgIpc) is 2.27. The first-order chi connectivity index (χ1) is 7.51. The molecule has 0 amide bonds. The number of esters is 1. The van der Waals surface area contributed by atoms with E-state index in [1.54, 1.807) is 0 Å². The average molecular weight is 294 g/mol. The number of carbonyl (C=O) groups is 1. The molecule has 1 aromatic rings. The fraction of sp³-hybridized carbons (Fsp3) is 0.400. The summed E-state index contributed by atoms with van der Waals surface area (Å²) in [5.74, 6) is -0.578. The second-order valence-electron chi connectivity index (χ2n) is 3.11. The van der Waals surface area contributed by atoms with Crippen LogP contribution in [0.5, 0.6) is 0 Å². The predicted molar refractivity (Wildman–Crippen MR) is 57.9 cm³/mol. The molecular weight excluding hydrogens is 284 g/mol. The molecule has 1 aromatic heterocycles. The quantitative estimate of drug-likeness (QED) is 0.635. The van der Waals surface area contributed by atoms with Gasteiger partial charge in [-0.2, -0.15) is 0 Å². The van der Waals surface area contributed by atoms with Crippen LogP contribution in [0.25, 0.3) is 0 Å². The van der Waals surface area contributed by atoms with E-state index in [-0.39, 0.29) is 27.8 Å². The molecule has 88 valence electrons. The van der Waals surface area contributed by atoms with Gasteiger partial charge in [-0.25, -0.2) is 18.6 Å². The van der Waals surface area contributed by atoms with Gasteiger partial charge in [-0.15, -0.1) is 0 Å². The van der Waals surface area contributed by atoms with E-state index in [1.807, 2.05) is 0 Å². The molecule has 0 spiro atoms. The van der Waals surface area contributed by atoms with E-state index in [9.17, 15) is 13.6 Å². The summed E-state index contributed by atoms with van der Waals surface area (Å²) < 4.78 is 29.7. The van der Waals surface area contributed by atoms with Crippen LogP contribution in [-0.4, -0.2) is 18.1 Å². The molecule has 0 aliphatic heterocycles. The number of methoxy groups -OCH3 is 1. The molecule has 16 heavy (non-hydrogen) atoms. The maximum atomic E-state index is 12.6. The molecule has 0 N–H and O–H groups in total. The van der Waals surface area contributed by atoms with Gasteiger partial charge in [0.05, 0.1) is 18.4 Å². The normalized spacial score (nSPS) is 10.6. The molecule has 6 heteroatoms. The minimum Gasteiger partial charge on any atom is -0.465 e. The molecule has 1 heterocycles. The Kier molecular flexibility index (Phi) is 4.35. The van der Waals surface area contributed by atoms with Gasteiger partial charge in [-0.05, 0) is 18.6 Å². The number of nitrogens with zero attached hydrogens (tertiary/aromatic N) is 1. The number of carbonyl (C=O) groups excluding carboxylic acids is 1. The molecule has 0 radical (unpaired) electrons. The van der Waals surface area contributed by atoms with E-state index in [0.29, 0.717) is 0 Å². The molecule has 3 nitrogen and oxygen atoms in total.